The molecule has 0 radical (unpaired) electrons. The van der Waals surface area contributed by atoms with E-state index in [-0.39, 0.29) is 5.91 Å². The third kappa shape index (κ3) is 2.96. The average molecular weight is 343 g/mol. The standard InChI is InChI=1S/C14H10BrClFNO/c1-18(10-5-2-4-9(17)8-10)14(19)11-6-3-7-12(15)13(11)16/h2-8H,1H3. The summed E-state index contributed by atoms with van der Waals surface area (Å²) >= 11 is 9.35. The Hall–Kier alpha value is -1.39. The molecule has 0 aromatic heterocycles. The van der Waals surface area contributed by atoms with E-state index in [0.717, 1.165) is 0 Å². The molecule has 0 aliphatic carbocycles. The van der Waals surface area contributed by atoms with Crippen LogP contribution in [-0.2, 0) is 0 Å². The minimum atomic E-state index is -0.391. The molecule has 19 heavy (non-hydrogen) atoms. The third-order valence-electron chi connectivity index (χ3n) is 2.68. The molecule has 98 valence electrons. The fraction of sp³-hybridized carbons (Fsp3) is 0.0714. The lowest BCUT2D eigenvalue weighted by Gasteiger charge is -2.18. The Bertz CT molecular complexity index is 633. The molecular formula is C14H10BrClFNO. The number of hydrogen-bond donors (Lipinski definition) is 0. The van der Waals surface area contributed by atoms with Crippen molar-refractivity contribution in [3.05, 3.63) is 63.3 Å². The van der Waals surface area contributed by atoms with Crippen molar-refractivity contribution in [2.24, 2.45) is 0 Å². The van der Waals surface area contributed by atoms with Crippen molar-refractivity contribution < 1.29 is 9.18 Å². The van der Waals surface area contributed by atoms with Crippen molar-refractivity contribution in [3.63, 3.8) is 0 Å². The highest BCUT2D eigenvalue weighted by molar-refractivity contribution is 9.10. The first-order valence-electron chi connectivity index (χ1n) is 5.48. The van der Waals surface area contributed by atoms with Crippen LogP contribution in [0, 0.1) is 5.82 Å². The maximum atomic E-state index is 13.2. The normalized spacial score (nSPS) is 10.3. The van der Waals surface area contributed by atoms with Gasteiger partial charge in [-0.25, -0.2) is 4.39 Å². The summed E-state index contributed by atoms with van der Waals surface area (Å²) in [7, 11) is 1.58. The molecule has 5 heteroatoms. The molecule has 2 nitrogen and oxygen atoms in total. The number of carbonyl (C=O) groups is 1. The minimum Gasteiger partial charge on any atom is -0.311 e. The number of rotatable bonds is 2. The molecule has 0 fully saturated rings. The molecule has 0 heterocycles. The van der Waals surface area contributed by atoms with E-state index in [0.29, 0.717) is 20.7 Å². The van der Waals surface area contributed by atoms with E-state index >= 15 is 0 Å². The second kappa shape index (κ2) is 5.72. The van der Waals surface area contributed by atoms with Crippen molar-refractivity contribution in [2.45, 2.75) is 0 Å². The Labute approximate surface area is 123 Å². The van der Waals surface area contributed by atoms with Gasteiger partial charge >= 0.3 is 0 Å². The van der Waals surface area contributed by atoms with E-state index in [2.05, 4.69) is 15.9 Å². The van der Waals surface area contributed by atoms with Crippen LogP contribution < -0.4 is 4.90 Å². The van der Waals surface area contributed by atoms with Crippen LogP contribution in [0.4, 0.5) is 10.1 Å². The van der Waals surface area contributed by atoms with Crippen LogP contribution in [0.15, 0.2) is 46.9 Å². The Morgan fingerprint density at radius 2 is 1.95 bits per heavy atom. The van der Waals surface area contributed by atoms with Crippen LogP contribution in [0.1, 0.15) is 10.4 Å². The minimum absolute atomic E-state index is 0.295. The van der Waals surface area contributed by atoms with Crippen molar-refractivity contribution in [1.29, 1.82) is 0 Å². The summed E-state index contributed by atoms with van der Waals surface area (Å²) in [4.78, 5) is 13.7. The monoisotopic (exact) mass is 341 g/mol. The van der Waals surface area contributed by atoms with Gasteiger partial charge in [-0.2, -0.15) is 0 Å². The van der Waals surface area contributed by atoms with Crippen LogP contribution in [0.5, 0.6) is 0 Å². The summed E-state index contributed by atoms with van der Waals surface area (Å²) in [6.07, 6.45) is 0. The van der Waals surface area contributed by atoms with Gasteiger partial charge in [-0.1, -0.05) is 23.7 Å². The van der Waals surface area contributed by atoms with Crippen molar-refractivity contribution in [1.82, 2.24) is 0 Å². The molecule has 2 rings (SSSR count). The Balaban J connectivity index is 2.36. The molecule has 0 atom stereocenters. The molecule has 0 N–H and O–H groups in total. The maximum Gasteiger partial charge on any atom is 0.259 e. The van der Waals surface area contributed by atoms with Crippen LogP contribution in [0.25, 0.3) is 0 Å². The highest BCUT2D eigenvalue weighted by atomic mass is 79.9. The lowest BCUT2D eigenvalue weighted by Crippen LogP contribution is -2.26. The summed E-state index contributed by atoms with van der Waals surface area (Å²) in [6.45, 7) is 0. The zero-order chi connectivity index (χ0) is 14.0. The number of benzene rings is 2. The number of nitrogens with zero attached hydrogens (tertiary/aromatic N) is 1. The smallest absolute Gasteiger partial charge is 0.259 e. The van der Waals surface area contributed by atoms with Gasteiger partial charge in [0, 0.05) is 17.2 Å². The lowest BCUT2D eigenvalue weighted by molar-refractivity contribution is 0.0993. The molecule has 2 aromatic carbocycles. The number of carbonyl (C=O) groups excluding carboxylic acids is 1. The van der Waals surface area contributed by atoms with E-state index in [4.69, 9.17) is 11.6 Å². The molecular weight excluding hydrogens is 333 g/mol. The first-order valence-corrected chi connectivity index (χ1v) is 6.65. The highest BCUT2D eigenvalue weighted by Gasteiger charge is 2.17. The Morgan fingerprint density at radius 3 is 2.63 bits per heavy atom. The summed E-state index contributed by atoms with van der Waals surface area (Å²) in [5.41, 5.74) is 0.837. The summed E-state index contributed by atoms with van der Waals surface area (Å²) < 4.78 is 13.8. The van der Waals surface area contributed by atoms with Gasteiger partial charge in [0.1, 0.15) is 5.82 Å². The van der Waals surface area contributed by atoms with Gasteiger partial charge in [0.15, 0.2) is 0 Å². The summed E-state index contributed by atoms with van der Waals surface area (Å²) in [6, 6.07) is 10.9. The topological polar surface area (TPSA) is 20.3 Å². The Kier molecular flexibility index (Phi) is 4.22. The van der Waals surface area contributed by atoms with E-state index in [1.807, 2.05) is 0 Å². The molecule has 0 unspecified atom stereocenters. The number of halogens is 3. The van der Waals surface area contributed by atoms with Crippen LogP contribution in [0.3, 0.4) is 0 Å². The fourth-order valence-corrected chi connectivity index (χ4v) is 2.22. The zero-order valence-corrected chi connectivity index (χ0v) is 12.4. The van der Waals surface area contributed by atoms with Crippen molar-refractivity contribution >= 4 is 39.1 Å². The van der Waals surface area contributed by atoms with Crippen LogP contribution in [-0.4, -0.2) is 13.0 Å². The summed E-state index contributed by atoms with van der Waals surface area (Å²) in [5.74, 6) is -0.686. The largest absolute Gasteiger partial charge is 0.311 e. The second-order valence-electron chi connectivity index (χ2n) is 3.95. The summed E-state index contributed by atoms with van der Waals surface area (Å²) in [5, 5.41) is 0.343. The molecule has 2 aromatic rings. The molecule has 0 bridgehead atoms. The molecule has 0 spiro atoms. The van der Waals surface area contributed by atoms with Gasteiger partial charge in [-0.05, 0) is 46.3 Å². The zero-order valence-electron chi connectivity index (χ0n) is 10.0. The van der Waals surface area contributed by atoms with Crippen LogP contribution in [0.2, 0.25) is 5.02 Å². The number of amides is 1. The fourth-order valence-electron chi connectivity index (χ4n) is 1.65. The molecule has 0 aliphatic heterocycles. The molecule has 0 saturated heterocycles. The van der Waals surface area contributed by atoms with Gasteiger partial charge in [0.05, 0.1) is 10.6 Å². The predicted molar refractivity (Wildman–Crippen MR) is 78.3 cm³/mol. The van der Waals surface area contributed by atoms with Gasteiger partial charge in [-0.15, -0.1) is 0 Å². The van der Waals surface area contributed by atoms with Crippen molar-refractivity contribution in [3.8, 4) is 0 Å². The number of hydrogen-bond acceptors (Lipinski definition) is 1. The number of anilines is 1. The van der Waals surface area contributed by atoms with E-state index in [1.54, 1.807) is 37.4 Å². The quantitative estimate of drug-likeness (QED) is 0.786. The van der Waals surface area contributed by atoms with Crippen LogP contribution >= 0.6 is 27.5 Å². The third-order valence-corrected chi connectivity index (χ3v) is 3.98. The first-order chi connectivity index (χ1) is 9.00. The predicted octanol–water partition coefficient (Wildman–Crippen LogP) is 4.52. The van der Waals surface area contributed by atoms with Gasteiger partial charge in [0.25, 0.3) is 5.91 Å². The van der Waals surface area contributed by atoms with E-state index < -0.39 is 5.82 Å². The van der Waals surface area contributed by atoms with Gasteiger partial charge in [0.2, 0.25) is 0 Å². The average Bonchev–Trinajstić information content (AvgIpc) is 2.40. The molecule has 0 saturated carbocycles. The van der Waals surface area contributed by atoms with Gasteiger partial charge in [-0.3, -0.25) is 4.79 Å². The van der Waals surface area contributed by atoms with Gasteiger partial charge < -0.3 is 4.90 Å². The first kappa shape index (κ1) is 14.0. The van der Waals surface area contributed by atoms with E-state index in [1.165, 1.54) is 17.0 Å². The highest BCUT2D eigenvalue weighted by Crippen LogP contribution is 2.28. The Morgan fingerprint density at radius 1 is 1.26 bits per heavy atom. The van der Waals surface area contributed by atoms with Crippen molar-refractivity contribution in [2.75, 3.05) is 11.9 Å². The maximum absolute atomic E-state index is 13.2. The lowest BCUT2D eigenvalue weighted by atomic mass is 10.2. The SMILES string of the molecule is CN(C(=O)c1cccc(Br)c1Cl)c1cccc(F)c1. The second-order valence-corrected chi connectivity index (χ2v) is 5.18. The van der Waals surface area contributed by atoms with E-state index in [9.17, 15) is 9.18 Å². The molecule has 1 amide bonds. The molecule has 0 aliphatic rings.